The normalized spacial score (nSPS) is 17.7. The summed E-state index contributed by atoms with van der Waals surface area (Å²) < 4.78 is 0. The second-order valence-electron chi connectivity index (χ2n) is 5.66. The number of primary amides is 1. The summed E-state index contributed by atoms with van der Waals surface area (Å²) in [7, 11) is 0. The van der Waals surface area contributed by atoms with Gasteiger partial charge in [-0.1, -0.05) is 6.92 Å². The van der Waals surface area contributed by atoms with Gasteiger partial charge in [0.05, 0.1) is 6.54 Å². The van der Waals surface area contributed by atoms with Crippen LogP contribution >= 0.6 is 0 Å². The number of hydrogen-bond donors (Lipinski definition) is 3. The van der Waals surface area contributed by atoms with E-state index in [-0.39, 0.29) is 24.3 Å². The molecule has 0 aliphatic carbocycles. The maximum atomic E-state index is 11.8. The largest absolute Gasteiger partial charge is 0.353 e. The van der Waals surface area contributed by atoms with Gasteiger partial charge in [-0.15, -0.1) is 0 Å². The quantitative estimate of drug-likeness (QED) is 0.565. The topological polar surface area (TPSA) is 108 Å². The van der Waals surface area contributed by atoms with Crippen molar-refractivity contribution in [2.24, 2.45) is 5.73 Å². The lowest BCUT2D eigenvalue weighted by Gasteiger charge is -2.34. The van der Waals surface area contributed by atoms with Crippen molar-refractivity contribution in [2.45, 2.75) is 32.7 Å². The molecule has 1 rings (SSSR count). The van der Waals surface area contributed by atoms with E-state index in [0.717, 1.165) is 32.6 Å². The van der Waals surface area contributed by atoms with Crippen LogP contribution in [0.3, 0.4) is 0 Å². The molecule has 0 aromatic carbocycles. The summed E-state index contributed by atoms with van der Waals surface area (Å²) >= 11 is 0. The molecule has 1 fully saturated rings. The van der Waals surface area contributed by atoms with Gasteiger partial charge in [-0.2, -0.15) is 0 Å². The summed E-state index contributed by atoms with van der Waals surface area (Å²) in [5.74, 6) is -0.300. The molecule has 0 radical (unpaired) electrons. The highest BCUT2D eigenvalue weighted by Gasteiger charge is 2.19. The molecule has 0 aromatic rings. The van der Waals surface area contributed by atoms with Gasteiger partial charge < -0.3 is 16.0 Å². The maximum Gasteiger partial charge on any atom is 0.318 e. The van der Waals surface area contributed by atoms with E-state index in [1.807, 2.05) is 13.8 Å². The lowest BCUT2D eigenvalue weighted by Crippen LogP contribution is -2.50. The molecule has 8 nitrogen and oxygen atoms in total. The SMILES string of the molecule is CC[C@H](C)NC(=O)CN1CCN(CCC(=O)NC(N)=O)CC1. The van der Waals surface area contributed by atoms with E-state index < -0.39 is 6.03 Å². The van der Waals surface area contributed by atoms with Crippen LogP contribution in [0.5, 0.6) is 0 Å². The molecular weight excluding hydrogens is 286 g/mol. The van der Waals surface area contributed by atoms with Gasteiger partial charge in [0.1, 0.15) is 0 Å². The molecule has 0 unspecified atom stereocenters. The molecule has 1 aliphatic rings. The van der Waals surface area contributed by atoms with Crippen LogP contribution in [0.2, 0.25) is 0 Å². The number of rotatable bonds is 7. The fourth-order valence-electron chi connectivity index (χ4n) is 2.26. The first kappa shape index (κ1) is 18.4. The zero-order chi connectivity index (χ0) is 16.5. The zero-order valence-corrected chi connectivity index (χ0v) is 13.4. The Kier molecular flexibility index (Phi) is 7.83. The molecule has 1 atom stereocenters. The Morgan fingerprint density at radius 2 is 1.68 bits per heavy atom. The minimum Gasteiger partial charge on any atom is -0.353 e. The van der Waals surface area contributed by atoms with Crippen LogP contribution in [0.25, 0.3) is 0 Å². The summed E-state index contributed by atoms with van der Waals surface area (Å²) in [6.07, 6.45) is 1.17. The van der Waals surface area contributed by atoms with Crippen LogP contribution in [-0.4, -0.2) is 73.0 Å². The van der Waals surface area contributed by atoms with Crippen molar-refractivity contribution >= 4 is 17.8 Å². The predicted molar refractivity (Wildman–Crippen MR) is 83.1 cm³/mol. The Balaban J connectivity index is 2.19. The average Bonchev–Trinajstić information content (AvgIpc) is 2.45. The van der Waals surface area contributed by atoms with Gasteiger partial charge in [-0.3, -0.25) is 19.8 Å². The molecular formula is C14H27N5O3. The third-order valence-electron chi connectivity index (χ3n) is 3.77. The van der Waals surface area contributed by atoms with E-state index in [2.05, 4.69) is 20.4 Å². The van der Waals surface area contributed by atoms with E-state index in [9.17, 15) is 14.4 Å². The average molecular weight is 313 g/mol. The van der Waals surface area contributed by atoms with Crippen LogP contribution in [0.4, 0.5) is 4.79 Å². The Bertz CT molecular complexity index is 394. The first-order valence-corrected chi connectivity index (χ1v) is 7.74. The monoisotopic (exact) mass is 313 g/mol. The number of nitrogens with two attached hydrogens (primary N) is 1. The van der Waals surface area contributed by atoms with E-state index in [1.165, 1.54) is 0 Å². The minimum absolute atomic E-state index is 0.0589. The number of urea groups is 1. The molecule has 4 N–H and O–H groups in total. The molecule has 0 saturated carbocycles. The Morgan fingerprint density at radius 1 is 1.09 bits per heavy atom. The third-order valence-corrected chi connectivity index (χ3v) is 3.77. The molecule has 0 bridgehead atoms. The highest BCUT2D eigenvalue weighted by molar-refractivity contribution is 5.93. The summed E-state index contributed by atoms with van der Waals surface area (Å²) in [4.78, 5) is 37.9. The molecule has 1 saturated heterocycles. The van der Waals surface area contributed by atoms with Gasteiger partial charge in [0.2, 0.25) is 11.8 Å². The molecule has 1 heterocycles. The molecule has 1 aliphatic heterocycles. The summed E-state index contributed by atoms with van der Waals surface area (Å²) in [6.45, 7) is 8.25. The molecule has 4 amide bonds. The van der Waals surface area contributed by atoms with Crippen molar-refractivity contribution in [1.82, 2.24) is 20.4 Å². The smallest absolute Gasteiger partial charge is 0.318 e. The fourth-order valence-corrected chi connectivity index (χ4v) is 2.26. The minimum atomic E-state index is -0.817. The number of hydrogen-bond acceptors (Lipinski definition) is 5. The highest BCUT2D eigenvalue weighted by atomic mass is 16.2. The number of imide groups is 1. The maximum absolute atomic E-state index is 11.8. The molecule has 0 aromatic heterocycles. The van der Waals surface area contributed by atoms with E-state index in [4.69, 9.17) is 5.73 Å². The van der Waals surface area contributed by atoms with E-state index >= 15 is 0 Å². The van der Waals surface area contributed by atoms with Crippen LogP contribution in [0.15, 0.2) is 0 Å². The third kappa shape index (κ3) is 7.37. The lowest BCUT2D eigenvalue weighted by atomic mass is 10.2. The van der Waals surface area contributed by atoms with Gasteiger partial charge >= 0.3 is 6.03 Å². The van der Waals surface area contributed by atoms with Crippen LogP contribution < -0.4 is 16.4 Å². The van der Waals surface area contributed by atoms with E-state index in [1.54, 1.807) is 0 Å². The van der Waals surface area contributed by atoms with Crippen LogP contribution in [-0.2, 0) is 9.59 Å². The summed E-state index contributed by atoms with van der Waals surface area (Å²) in [6, 6.07) is -0.611. The molecule has 8 heteroatoms. The van der Waals surface area contributed by atoms with Crippen molar-refractivity contribution in [1.29, 1.82) is 0 Å². The van der Waals surface area contributed by atoms with Crippen molar-refractivity contribution in [2.75, 3.05) is 39.3 Å². The number of amides is 4. The predicted octanol–water partition coefficient (Wildman–Crippen LogP) is -0.896. The number of carbonyl (C=O) groups is 3. The van der Waals surface area contributed by atoms with Gasteiger partial charge in [-0.05, 0) is 13.3 Å². The molecule has 126 valence electrons. The van der Waals surface area contributed by atoms with Crippen LogP contribution in [0, 0.1) is 0 Å². The molecule has 22 heavy (non-hydrogen) atoms. The Morgan fingerprint density at radius 3 is 2.23 bits per heavy atom. The van der Waals surface area contributed by atoms with Gasteiger partial charge in [-0.25, -0.2) is 4.79 Å². The van der Waals surface area contributed by atoms with Crippen molar-refractivity contribution in [3.05, 3.63) is 0 Å². The second kappa shape index (κ2) is 9.37. The van der Waals surface area contributed by atoms with Gasteiger partial charge in [0, 0.05) is 45.2 Å². The first-order chi connectivity index (χ1) is 10.4. The number of carbonyl (C=O) groups excluding carboxylic acids is 3. The van der Waals surface area contributed by atoms with Gasteiger partial charge in [0.25, 0.3) is 0 Å². The number of piperazine rings is 1. The standard InChI is InChI=1S/C14H27N5O3/c1-3-11(2)16-13(21)10-19-8-6-18(7-9-19)5-4-12(20)17-14(15)22/h11H,3-10H2,1-2H3,(H,16,21)(H3,15,17,20,22)/t11-/m0/s1. The number of nitrogens with zero attached hydrogens (tertiary/aromatic N) is 2. The van der Waals surface area contributed by atoms with Crippen molar-refractivity contribution < 1.29 is 14.4 Å². The lowest BCUT2D eigenvalue weighted by molar-refractivity contribution is -0.123. The van der Waals surface area contributed by atoms with Crippen LogP contribution in [0.1, 0.15) is 26.7 Å². The second-order valence-corrected chi connectivity index (χ2v) is 5.66. The Labute approximate surface area is 131 Å². The summed E-state index contributed by atoms with van der Waals surface area (Å²) in [5.41, 5.74) is 4.88. The highest BCUT2D eigenvalue weighted by Crippen LogP contribution is 2.02. The zero-order valence-electron chi connectivity index (χ0n) is 13.4. The van der Waals surface area contributed by atoms with Gasteiger partial charge in [0.15, 0.2) is 0 Å². The molecule has 0 spiro atoms. The van der Waals surface area contributed by atoms with Crippen molar-refractivity contribution in [3.8, 4) is 0 Å². The number of nitrogens with one attached hydrogen (secondary N) is 2. The summed E-state index contributed by atoms with van der Waals surface area (Å²) in [5, 5.41) is 5.01. The van der Waals surface area contributed by atoms with Crippen molar-refractivity contribution in [3.63, 3.8) is 0 Å². The van der Waals surface area contributed by atoms with E-state index in [0.29, 0.717) is 13.1 Å². The Hall–Kier alpha value is -1.67. The fraction of sp³-hybridized carbons (Fsp3) is 0.786. The first-order valence-electron chi connectivity index (χ1n) is 7.74.